The summed E-state index contributed by atoms with van der Waals surface area (Å²) in [5, 5.41) is 0. The fourth-order valence-corrected chi connectivity index (χ4v) is 3.51. The first-order valence-corrected chi connectivity index (χ1v) is 11.4. The van der Waals surface area contributed by atoms with Gasteiger partial charge >= 0.3 is 0 Å². The second-order valence-corrected chi connectivity index (χ2v) is 8.03. The number of hydrogen-bond donors (Lipinski definition) is 0. The van der Waals surface area contributed by atoms with Crippen LogP contribution < -0.4 is 9.47 Å². The molecule has 0 radical (unpaired) electrons. The van der Waals surface area contributed by atoms with Crippen LogP contribution in [0.5, 0.6) is 11.5 Å². The highest BCUT2D eigenvalue weighted by Gasteiger charge is 2.07. The molecule has 1 aliphatic rings. The molecule has 0 atom stereocenters. The Kier molecular flexibility index (Phi) is 12.5. The summed E-state index contributed by atoms with van der Waals surface area (Å²) in [5.41, 5.74) is 0.581. The Morgan fingerprint density at radius 2 is 1.19 bits per heavy atom. The van der Waals surface area contributed by atoms with E-state index in [1.165, 1.54) is 0 Å². The van der Waals surface area contributed by atoms with E-state index in [9.17, 15) is 4.79 Å². The third kappa shape index (κ3) is 10.3. The van der Waals surface area contributed by atoms with Crippen LogP contribution in [0, 0.1) is 0 Å². The molecular formula is C19H28O6S2. The predicted octanol–water partition coefficient (Wildman–Crippen LogP) is 2.79. The van der Waals surface area contributed by atoms with Crippen LogP contribution in [0.15, 0.2) is 18.2 Å². The van der Waals surface area contributed by atoms with E-state index < -0.39 is 0 Å². The Bertz CT molecular complexity index is 529. The van der Waals surface area contributed by atoms with E-state index in [-0.39, 0.29) is 0 Å². The number of carbonyl (C=O) groups excluding carboxylic acids is 1. The van der Waals surface area contributed by atoms with Crippen molar-refractivity contribution in [3.8, 4) is 11.5 Å². The molecule has 2 rings (SSSR count). The average Bonchev–Trinajstić information content (AvgIpc) is 2.69. The summed E-state index contributed by atoms with van der Waals surface area (Å²) in [6.07, 6.45) is 0.814. The van der Waals surface area contributed by atoms with Crippen molar-refractivity contribution in [1.29, 1.82) is 0 Å². The van der Waals surface area contributed by atoms with E-state index in [1.807, 2.05) is 0 Å². The minimum Gasteiger partial charge on any atom is -0.489 e. The Morgan fingerprint density at radius 1 is 0.667 bits per heavy atom. The molecule has 1 heterocycles. The Morgan fingerprint density at radius 3 is 1.78 bits per heavy atom. The van der Waals surface area contributed by atoms with Crippen molar-refractivity contribution in [3.63, 3.8) is 0 Å². The van der Waals surface area contributed by atoms with Crippen molar-refractivity contribution in [2.45, 2.75) is 0 Å². The summed E-state index contributed by atoms with van der Waals surface area (Å²) in [7, 11) is 0. The first-order valence-electron chi connectivity index (χ1n) is 9.13. The van der Waals surface area contributed by atoms with Gasteiger partial charge in [-0.3, -0.25) is 4.79 Å². The lowest BCUT2D eigenvalue weighted by molar-refractivity contribution is 0.0205. The van der Waals surface area contributed by atoms with E-state index in [0.717, 1.165) is 29.3 Å². The Labute approximate surface area is 169 Å². The summed E-state index contributed by atoms with van der Waals surface area (Å²) >= 11 is 3.54. The van der Waals surface area contributed by atoms with Gasteiger partial charge in [0.25, 0.3) is 0 Å². The zero-order valence-corrected chi connectivity index (χ0v) is 17.2. The smallest absolute Gasteiger partial charge is 0.161 e. The Balaban J connectivity index is 1.82. The number of aldehydes is 1. The molecule has 8 heteroatoms. The average molecular weight is 417 g/mol. The number of ether oxygens (including phenoxy) is 5. The molecule has 6 nitrogen and oxygen atoms in total. The molecular weight excluding hydrogens is 388 g/mol. The van der Waals surface area contributed by atoms with Crippen LogP contribution >= 0.6 is 23.5 Å². The standard InChI is InChI=1S/C19H28O6S2/c20-16-17-1-2-18-19(15-17)25-10-14-27-12-8-23-6-4-21-3-5-22-7-11-26-13-9-24-18/h1-2,15-16H,3-14H2. The minimum atomic E-state index is 0.554. The van der Waals surface area contributed by atoms with Gasteiger partial charge in [0.05, 0.1) is 52.9 Å². The zero-order valence-electron chi connectivity index (χ0n) is 15.6. The number of thioether (sulfide) groups is 2. The van der Waals surface area contributed by atoms with Gasteiger partial charge in [-0.2, -0.15) is 23.5 Å². The summed E-state index contributed by atoms with van der Waals surface area (Å²) in [5.74, 6) is 4.82. The number of fused-ring (bicyclic) bond motifs is 1. The molecule has 1 aromatic rings. The summed E-state index contributed by atoms with van der Waals surface area (Å²) in [4.78, 5) is 11.0. The van der Waals surface area contributed by atoms with Gasteiger partial charge in [0.1, 0.15) is 6.29 Å². The van der Waals surface area contributed by atoms with Crippen LogP contribution in [-0.2, 0) is 14.2 Å². The number of hydrogen-bond acceptors (Lipinski definition) is 8. The lowest BCUT2D eigenvalue weighted by Crippen LogP contribution is -2.11. The van der Waals surface area contributed by atoms with Crippen molar-refractivity contribution in [2.75, 3.05) is 75.9 Å². The highest BCUT2D eigenvalue weighted by molar-refractivity contribution is 7.99. The largest absolute Gasteiger partial charge is 0.489 e. The topological polar surface area (TPSA) is 63.2 Å². The summed E-state index contributed by atoms with van der Waals surface area (Å²) in [6, 6.07) is 5.27. The van der Waals surface area contributed by atoms with E-state index in [1.54, 1.807) is 41.7 Å². The second-order valence-electron chi connectivity index (χ2n) is 5.58. The van der Waals surface area contributed by atoms with Crippen molar-refractivity contribution < 1.29 is 28.5 Å². The van der Waals surface area contributed by atoms with Gasteiger partial charge < -0.3 is 23.7 Å². The van der Waals surface area contributed by atoms with Crippen LogP contribution in [0.1, 0.15) is 10.4 Å². The van der Waals surface area contributed by atoms with Crippen LogP contribution in [0.3, 0.4) is 0 Å². The van der Waals surface area contributed by atoms with Gasteiger partial charge in [0.15, 0.2) is 11.5 Å². The zero-order chi connectivity index (χ0) is 19.0. The first kappa shape index (κ1) is 22.4. The fourth-order valence-electron chi connectivity index (χ4n) is 2.23. The molecule has 1 aliphatic heterocycles. The minimum absolute atomic E-state index is 0.554. The molecule has 0 aromatic heterocycles. The maximum absolute atomic E-state index is 11.0. The third-order valence-electron chi connectivity index (χ3n) is 3.56. The van der Waals surface area contributed by atoms with Crippen molar-refractivity contribution in [3.05, 3.63) is 23.8 Å². The van der Waals surface area contributed by atoms with Gasteiger partial charge in [0.2, 0.25) is 0 Å². The van der Waals surface area contributed by atoms with Gasteiger partial charge in [-0.25, -0.2) is 0 Å². The molecule has 0 amide bonds. The normalized spacial score (nSPS) is 19.6. The second kappa shape index (κ2) is 15.0. The summed E-state index contributed by atoms with van der Waals surface area (Å²) < 4.78 is 28.2. The van der Waals surface area contributed by atoms with E-state index in [0.29, 0.717) is 69.9 Å². The number of carbonyl (C=O) groups is 1. The van der Waals surface area contributed by atoms with E-state index >= 15 is 0 Å². The maximum atomic E-state index is 11.0. The molecule has 0 fully saturated rings. The molecule has 0 spiro atoms. The SMILES string of the molecule is O=Cc1ccc2c(c1)OCCSCCOCCOCCOCCSCCO2. The summed E-state index contributed by atoms with van der Waals surface area (Å²) in [6.45, 7) is 4.93. The molecule has 0 saturated heterocycles. The van der Waals surface area contributed by atoms with Gasteiger partial charge in [-0.05, 0) is 18.2 Å². The van der Waals surface area contributed by atoms with Crippen LogP contribution in [0.4, 0.5) is 0 Å². The predicted molar refractivity (Wildman–Crippen MR) is 110 cm³/mol. The third-order valence-corrected chi connectivity index (χ3v) is 5.38. The van der Waals surface area contributed by atoms with Gasteiger partial charge in [-0.1, -0.05) is 0 Å². The van der Waals surface area contributed by atoms with Crippen LogP contribution in [-0.4, -0.2) is 82.2 Å². The number of rotatable bonds is 1. The Hall–Kier alpha value is -0.930. The van der Waals surface area contributed by atoms with E-state index in [4.69, 9.17) is 23.7 Å². The molecule has 0 unspecified atom stereocenters. The van der Waals surface area contributed by atoms with Crippen LogP contribution in [0.2, 0.25) is 0 Å². The quantitative estimate of drug-likeness (QED) is 0.648. The molecule has 0 N–H and O–H groups in total. The molecule has 0 aliphatic carbocycles. The maximum Gasteiger partial charge on any atom is 0.161 e. The molecule has 1 aromatic carbocycles. The van der Waals surface area contributed by atoms with Crippen molar-refractivity contribution in [2.24, 2.45) is 0 Å². The lowest BCUT2D eigenvalue weighted by Gasteiger charge is -2.13. The molecule has 0 saturated carbocycles. The van der Waals surface area contributed by atoms with Crippen LogP contribution in [0.25, 0.3) is 0 Å². The lowest BCUT2D eigenvalue weighted by atomic mass is 10.2. The van der Waals surface area contributed by atoms with E-state index in [2.05, 4.69) is 0 Å². The highest BCUT2D eigenvalue weighted by Crippen LogP contribution is 2.28. The fraction of sp³-hybridized carbons (Fsp3) is 0.632. The molecule has 27 heavy (non-hydrogen) atoms. The molecule has 0 bridgehead atoms. The molecule has 152 valence electrons. The van der Waals surface area contributed by atoms with Gasteiger partial charge in [-0.15, -0.1) is 0 Å². The first-order chi connectivity index (χ1) is 13.4. The highest BCUT2D eigenvalue weighted by atomic mass is 32.2. The van der Waals surface area contributed by atoms with Crippen molar-refractivity contribution in [1.82, 2.24) is 0 Å². The monoisotopic (exact) mass is 416 g/mol. The number of benzene rings is 1. The van der Waals surface area contributed by atoms with Gasteiger partial charge in [0, 0.05) is 28.6 Å². The van der Waals surface area contributed by atoms with Crippen molar-refractivity contribution >= 4 is 29.8 Å².